The number of azo groups is 1. The fraction of sp³-hybridized carbons (Fsp3) is 0.158. The van der Waals surface area contributed by atoms with E-state index >= 15 is 0 Å². The third-order valence-electron chi connectivity index (χ3n) is 4.00. The number of carboxylic acids is 1. The second kappa shape index (κ2) is 7.28. The lowest BCUT2D eigenvalue weighted by molar-refractivity contribution is -0.127. The van der Waals surface area contributed by atoms with Crippen molar-refractivity contribution < 1.29 is 19.5 Å². The molecule has 0 bridgehead atoms. The molecule has 1 atom stereocenters. The van der Waals surface area contributed by atoms with Gasteiger partial charge in [0.15, 0.2) is 6.04 Å². The molecular formula is C19H16N4O4. The molecular weight excluding hydrogens is 348 g/mol. The molecule has 0 unspecified atom stereocenters. The molecule has 0 radical (unpaired) electrons. The van der Waals surface area contributed by atoms with Gasteiger partial charge in [0, 0.05) is 5.56 Å². The van der Waals surface area contributed by atoms with Gasteiger partial charge in [0.05, 0.1) is 17.0 Å². The van der Waals surface area contributed by atoms with Crippen LogP contribution < -0.4 is 0 Å². The largest absolute Gasteiger partial charge is 0.478 e. The van der Waals surface area contributed by atoms with Gasteiger partial charge in [-0.25, -0.2) is 4.79 Å². The standard InChI is InChI=1S/C19H16N4O4/c1-11-7-9-13(10-8-11)17(24)23-18(25)16(12(2)22-23)21-20-15-6-4-3-5-14(15)19(26)27/h3-10,16H,1-2H3,(H,26,27)/t16-/m1/s1. The molecule has 1 N–H and O–H groups in total. The summed E-state index contributed by atoms with van der Waals surface area (Å²) in [6.45, 7) is 3.45. The van der Waals surface area contributed by atoms with E-state index in [1.165, 1.54) is 12.1 Å². The highest BCUT2D eigenvalue weighted by molar-refractivity contribution is 6.18. The van der Waals surface area contributed by atoms with Crippen LogP contribution in [0.1, 0.15) is 33.2 Å². The average Bonchev–Trinajstić information content (AvgIpc) is 2.94. The lowest BCUT2D eigenvalue weighted by Crippen LogP contribution is -2.34. The number of hydrogen-bond acceptors (Lipinski definition) is 6. The van der Waals surface area contributed by atoms with Crippen LogP contribution in [0.3, 0.4) is 0 Å². The Morgan fingerprint density at radius 1 is 1.07 bits per heavy atom. The van der Waals surface area contributed by atoms with Gasteiger partial charge in [-0.1, -0.05) is 29.8 Å². The summed E-state index contributed by atoms with van der Waals surface area (Å²) < 4.78 is 0. The highest BCUT2D eigenvalue weighted by Gasteiger charge is 2.38. The maximum absolute atomic E-state index is 12.6. The van der Waals surface area contributed by atoms with Gasteiger partial charge in [-0.2, -0.15) is 20.3 Å². The molecule has 2 aromatic rings. The van der Waals surface area contributed by atoms with Gasteiger partial charge >= 0.3 is 5.97 Å². The Hall–Kier alpha value is -3.68. The molecule has 1 heterocycles. The van der Waals surface area contributed by atoms with Gasteiger partial charge in [-0.15, -0.1) is 0 Å². The molecule has 0 saturated heterocycles. The molecule has 8 heteroatoms. The minimum Gasteiger partial charge on any atom is -0.478 e. The number of rotatable bonds is 4. The van der Waals surface area contributed by atoms with Gasteiger partial charge < -0.3 is 5.11 Å². The van der Waals surface area contributed by atoms with Crippen LogP contribution in [-0.2, 0) is 4.79 Å². The monoisotopic (exact) mass is 364 g/mol. The third-order valence-corrected chi connectivity index (χ3v) is 4.00. The van der Waals surface area contributed by atoms with Crippen molar-refractivity contribution in [1.29, 1.82) is 0 Å². The van der Waals surface area contributed by atoms with E-state index in [0.29, 0.717) is 11.3 Å². The van der Waals surface area contributed by atoms with Crippen LogP contribution in [0.2, 0.25) is 0 Å². The number of hydrogen-bond donors (Lipinski definition) is 1. The van der Waals surface area contributed by atoms with E-state index in [0.717, 1.165) is 10.6 Å². The molecule has 1 aliphatic rings. The molecule has 0 aliphatic carbocycles. The molecule has 8 nitrogen and oxygen atoms in total. The SMILES string of the molecule is CC1=NN(C(=O)c2ccc(C)cc2)C(=O)[C@@H]1N=Nc1ccccc1C(=O)O. The number of imide groups is 1. The predicted molar refractivity (Wildman–Crippen MR) is 97.2 cm³/mol. The third kappa shape index (κ3) is 3.64. The van der Waals surface area contributed by atoms with Crippen molar-refractivity contribution in [2.75, 3.05) is 0 Å². The summed E-state index contributed by atoms with van der Waals surface area (Å²) in [4.78, 5) is 36.3. The quantitative estimate of drug-likeness (QED) is 0.663. The number of nitrogens with zero attached hydrogens (tertiary/aromatic N) is 4. The molecule has 136 valence electrons. The van der Waals surface area contributed by atoms with Crippen molar-refractivity contribution in [3.63, 3.8) is 0 Å². The summed E-state index contributed by atoms with van der Waals surface area (Å²) in [5.74, 6) is -2.33. The molecule has 27 heavy (non-hydrogen) atoms. The van der Waals surface area contributed by atoms with E-state index in [1.807, 2.05) is 6.92 Å². The normalized spacial score (nSPS) is 16.7. The number of benzene rings is 2. The summed E-state index contributed by atoms with van der Waals surface area (Å²) in [6, 6.07) is 11.8. The summed E-state index contributed by atoms with van der Waals surface area (Å²) in [5, 5.41) is 21.8. The van der Waals surface area contributed by atoms with Crippen molar-refractivity contribution in [2.45, 2.75) is 19.9 Å². The van der Waals surface area contributed by atoms with E-state index < -0.39 is 23.8 Å². The zero-order chi connectivity index (χ0) is 19.6. The Balaban J connectivity index is 1.82. The number of carbonyl (C=O) groups is 3. The molecule has 0 aromatic heterocycles. The van der Waals surface area contributed by atoms with Crippen LogP contribution in [0.25, 0.3) is 0 Å². The van der Waals surface area contributed by atoms with Crippen LogP contribution in [0, 0.1) is 6.92 Å². The van der Waals surface area contributed by atoms with E-state index in [2.05, 4.69) is 15.3 Å². The number of aromatic carboxylic acids is 1. The van der Waals surface area contributed by atoms with Crippen LogP contribution in [0.4, 0.5) is 5.69 Å². The minimum absolute atomic E-state index is 0.0334. The predicted octanol–water partition coefficient (Wildman–Crippen LogP) is 3.20. The van der Waals surface area contributed by atoms with Crippen molar-refractivity contribution in [3.05, 3.63) is 65.2 Å². The van der Waals surface area contributed by atoms with Crippen LogP contribution in [-0.4, -0.2) is 39.7 Å². The van der Waals surface area contributed by atoms with Crippen molar-refractivity contribution in [2.24, 2.45) is 15.3 Å². The number of carboxylic acid groups (broad SMARTS) is 1. The number of amides is 2. The van der Waals surface area contributed by atoms with Crippen molar-refractivity contribution >= 4 is 29.2 Å². The Morgan fingerprint density at radius 2 is 1.74 bits per heavy atom. The average molecular weight is 364 g/mol. The Labute approximate surface area is 154 Å². The molecule has 0 fully saturated rings. The first kappa shape index (κ1) is 18.1. The van der Waals surface area contributed by atoms with Crippen LogP contribution in [0.5, 0.6) is 0 Å². The van der Waals surface area contributed by atoms with Gasteiger partial charge in [0.1, 0.15) is 0 Å². The topological polar surface area (TPSA) is 112 Å². The van der Waals surface area contributed by atoms with Gasteiger partial charge in [-0.3, -0.25) is 9.59 Å². The molecule has 0 spiro atoms. The summed E-state index contributed by atoms with van der Waals surface area (Å²) in [5.41, 5.74) is 1.71. The fourth-order valence-corrected chi connectivity index (χ4v) is 2.51. The van der Waals surface area contributed by atoms with E-state index in [9.17, 15) is 19.5 Å². The lowest BCUT2D eigenvalue weighted by atomic mass is 10.1. The van der Waals surface area contributed by atoms with Crippen LogP contribution in [0.15, 0.2) is 63.9 Å². The summed E-state index contributed by atoms with van der Waals surface area (Å²) >= 11 is 0. The summed E-state index contributed by atoms with van der Waals surface area (Å²) in [7, 11) is 0. The van der Waals surface area contributed by atoms with Crippen molar-refractivity contribution in [3.8, 4) is 0 Å². The second-order valence-corrected chi connectivity index (χ2v) is 6.00. The Kier molecular flexibility index (Phi) is 4.89. The smallest absolute Gasteiger partial charge is 0.337 e. The first-order chi connectivity index (χ1) is 12.9. The van der Waals surface area contributed by atoms with Crippen LogP contribution >= 0.6 is 0 Å². The Bertz CT molecular complexity index is 979. The number of hydrazone groups is 1. The molecule has 1 aliphatic heterocycles. The second-order valence-electron chi connectivity index (χ2n) is 6.00. The molecule has 2 amide bonds. The van der Waals surface area contributed by atoms with E-state index in [4.69, 9.17) is 0 Å². The maximum Gasteiger partial charge on any atom is 0.337 e. The fourth-order valence-electron chi connectivity index (χ4n) is 2.51. The zero-order valence-electron chi connectivity index (χ0n) is 14.7. The van der Waals surface area contributed by atoms with E-state index in [-0.39, 0.29) is 11.3 Å². The first-order valence-electron chi connectivity index (χ1n) is 8.11. The molecule has 2 aromatic carbocycles. The van der Waals surface area contributed by atoms with Gasteiger partial charge in [-0.05, 0) is 38.1 Å². The Morgan fingerprint density at radius 3 is 2.41 bits per heavy atom. The first-order valence-corrected chi connectivity index (χ1v) is 8.11. The van der Waals surface area contributed by atoms with Gasteiger partial charge in [0.25, 0.3) is 11.8 Å². The summed E-state index contributed by atoms with van der Waals surface area (Å²) in [6.07, 6.45) is 0. The highest BCUT2D eigenvalue weighted by atomic mass is 16.4. The number of aryl methyl sites for hydroxylation is 1. The van der Waals surface area contributed by atoms with Crippen molar-refractivity contribution in [1.82, 2.24) is 5.01 Å². The van der Waals surface area contributed by atoms with Gasteiger partial charge in [0.2, 0.25) is 0 Å². The lowest BCUT2D eigenvalue weighted by Gasteiger charge is -2.10. The highest BCUT2D eigenvalue weighted by Crippen LogP contribution is 2.22. The number of carbonyl (C=O) groups excluding carboxylic acids is 2. The molecule has 0 saturated carbocycles. The molecule has 3 rings (SSSR count). The zero-order valence-corrected chi connectivity index (χ0v) is 14.7. The minimum atomic E-state index is -1.15. The van der Waals surface area contributed by atoms with E-state index in [1.54, 1.807) is 43.3 Å². The maximum atomic E-state index is 12.6.